The Balaban J connectivity index is 1.81. The maximum absolute atomic E-state index is 12.9. The van der Waals surface area contributed by atoms with Gasteiger partial charge in [-0.2, -0.15) is 0 Å². The fraction of sp³-hybridized carbons (Fsp3) is 0.632. The molecule has 3 rings (SSSR count). The molecule has 2 saturated heterocycles. The molecule has 1 aromatic rings. The zero-order valence-electron chi connectivity index (χ0n) is 14.2. The van der Waals surface area contributed by atoms with Crippen molar-refractivity contribution in [1.29, 1.82) is 0 Å². The number of hydrogen-bond acceptors (Lipinski definition) is 3. The summed E-state index contributed by atoms with van der Waals surface area (Å²) in [5.41, 5.74) is 2.51. The predicted octanol–water partition coefficient (Wildman–Crippen LogP) is 3.74. The summed E-state index contributed by atoms with van der Waals surface area (Å²) in [6.45, 7) is 10.8. The van der Waals surface area contributed by atoms with E-state index in [1.54, 1.807) is 0 Å². The molecule has 2 heterocycles. The van der Waals surface area contributed by atoms with E-state index in [0.29, 0.717) is 6.61 Å². The molecular formula is C19H26O3. The highest BCUT2D eigenvalue weighted by Crippen LogP contribution is 2.53. The molecule has 3 heteroatoms. The van der Waals surface area contributed by atoms with E-state index < -0.39 is 17.3 Å². The monoisotopic (exact) mass is 302 g/mol. The van der Waals surface area contributed by atoms with Crippen LogP contribution in [0.5, 0.6) is 0 Å². The molecule has 0 aromatic heterocycles. The lowest BCUT2D eigenvalue weighted by Crippen LogP contribution is -2.48. The van der Waals surface area contributed by atoms with E-state index in [1.165, 1.54) is 16.7 Å². The highest BCUT2D eigenvalue weighted by atomic mass is 16.6. The Hall–Kier alpha value is -1.19. The van der Waals surface area contributed by atoms with Gasteiger partial charge in [-0.25, -0.2) is 0 Å². The minimum absolute atomic E-state index is 0.141. The van der Waals surface area contributed by atoms with Crippen molar-refractivity contribution in [2.45, 2.75) is 71.4 Å². The Morgan fingerprint density at radius 2 is 1.91 bits per heavy atom. The lowest BCUT2D eigenvalue weighted by molar-refractivity contribution is -0.139. The van der Waals surface area contributed by atoms with E-state index in [2.05, 4.69) is 45.9 Å². The van der Waals surface area contributed by atoms with Crippen molar-refractivity contribution >= 4 is 5.78 Å². The molecule has 120 valence electrons. The van der Waals surface area contributed by atoms with Crippen molar-refractivity contribution < 1.29 is 14.3 Å². The van der Waals surface area contributed by atoms with E-state index in [0.717, 1.165) is 12.8 Å². The molecule has 2 aliphatic heterocycles. The van der Waals surface area contributed by atoms with E-state index >= 15 is 0 Å². The Morgan fingerprint density at radius 3 is 2.45 bits per heavy atom. The zero-order valence-corrected chi connectivity index (χ0v) is 14.2. The second-order valence-electron chi connectivity index (χ2n) is 7.38. The van der Waals surface area contributed by atoms with Crippen LogP contribution in [0.15, 0.2) is 18.2 Å². The Morgan fingerprint density at radius 1 is 1.27 bits per heavy atom. The van der Waals surface area contributed by atoms with Gasteiger partial charge in [0.1, 0.15) is 17.3 Å². The molecule has 3 atom stereocenters. The normalized spacial score (nSPS) is 33.9. The first-order valence-electron chi connectivity index (χ1n) is 8.21. The third kappa shape index (κ3) is 2.14. The number of carbonyl (C=O) groups is 1. The Labute approximate surface area is 133 Å². The summed E-state index contributed by atoms with van der Waals surface area (Å²) in [6, 6.07) is 6.22. The molecule has 1 aromatic carbocycles. The van der Waals surface area contributed by atoms with Crippen LogP contribution in [0.3, 0.4) is 0 Å². The average molecular weight is 302 g/mol. The summed E-state index contributed by atoms with van der Waals surface area (Å²) in [5.74, 6) is 0.332. The summed E-state index contributed by atoms with van der Waals surface area (Å²) in [4.78, 5) is 12.9. The van der Waals surface area contributed by atoms with Crippen molar-refractivity contribution in [3.05, 3.63) is 34.9 Å². The second kappa shape index (κ2) is 5.17. The van der Waals surface area contributed by atoms with Crippen LogP contribution in [0.4, 0.5) is 0 Å². The number of Topliss-reactive ketones (excluding diaryl/α,β-unsaturated/α-hetero) is 1. The highest BCUT2D eigenvalue weighted by molar-refractivity contribution is 5.96. The molecule has 0 saturated carbocycles. The number of rotatable bonds is 4. The van der Waals surface area contributed by atoms with Crippen LogP contribution in [-0.2, 0) is 20.9 Å². The number of fused-ring (bicyclic) bond motifs is 2. The fourth-order valence-corrected chi connectivity index (χ4v) is 4.00. The van der Waals surface area contributed by atoms with Crippen LogP contribution < -0.4 is 0 Å². The van der Waals surface area contributed by atoms with E-state index in [-0.39, 0.29) is 11.7 Å². The molecule has 3 nitrogen and oxygen atoms in total. The molecule has 2 aliphatic rings. The Bertz CT molecular complexity index is 586. The van der Waals surface area contributed by atoms with Gasteiger partial charge in [0.05, 0.1) is 6.61 Å². The fourth-order valence-electron chi connectivity index (χ4n) is 4.00. The summed E-state index contributed by atoms with van der Waals surface area (Å²) in [5, 5.41) is 0. The second-order valence-corrected chi connectivity index (χ2v) is 7.38. The number of carbonyl (C=O) groups excluding carboxylic acids is 1. The molecular weight excluding hydrogens is 276 g/mol. The lowest BCUT2D eigenvalue weighted by Gasteiger charge is -2.30. The van der Waals surface area contributed by atoms with Gasteiger partial charge in [0.2, 0.25) is 0 Å². The summed E-state index contributed by atoms with van der Waals surface area (Å²) in [6.07, 6.45) is 1.28. The minimum atomic E-state index is -0.625. The van der Waals surface area contributed by atoms with Gasteiger partial charge in [-0.1, -0.05) is 32.0 Å². The number of aryl methyl sites for hydroxylation is 2. The number of ether oxygens (including phenoxy) is 2. The molecule has 0 amide bonds. The van der Waals surface area contributed by atoms with E-state index in [4.69, 9.17) is 9.47 Å². The standard InChI is InChI=1S/C19H26O3/c1-12(2)19-10-9-18(5,22-19)17(16(19)20)21-11-15-13(3)7-6-8-14(15)4/h6-8,12,17H,9-11H2,1-5H3/t17-,18+,19+/m1/s1. The van der Waals surface area contributed by atoms with Gasteiger partial charge >= 0.3 is 0 Å². The molecule has 0 N–H and O–H groups in total. The third-order valence-corrected chi connectivity index (χ3v) is 5.59. The van der Waals surface area contributed by atoms with Crippen LogP contribution >= 0.6 is 0 Å². The van der Waals surface area contributed by atoms with Gasteiger partial charge in [-0.05, 0) is 56.2 Å². The lowest BCUT2D eigenvalue weighted by atomic mass is 9.74. The van der Waals surface area contributed by atoms with Crippen LogP contribution in [0.25, 0.3) is 0 Å². The smallest absolute Gasteiger partial charge is 0.196 e. The van der Waals surface area contributed by atoms with Crippen LogP contribution in [0.2, 0.25) is 0 Å². The number of benzene rings is 1. The Kier molecular flexibility index (Phi) is 3.69. The van der Waals surface area contributed by atoms with E-state index in [9.17, 15) is 4.79 Å². The van der Waals surface area contributed by atoms with Crippen LogP contribution in [-0.4, -0.2) is 23.1 Å². The van der Waals surface area contributed by atoms with Gasteiger partial charge < -0.3 is 9.47 Å². The maximum atomic E-state index is 12.9. The SMILES string of the molecule is Cc1cccc(C)c1CO[C@@H]1C(=O)[C@@]2(C(C)C)CC[C@]1(C)O2. The molecule has 0 radical (unpaired) electrons. The van der Waals surface area contributed by atoms with Gasteiger partial charge in [-0.3, -0.25) is 4.79 Å². The quantitative estimate of drug-likeness (QED) is 0.850. The van der Waals surface area contributed by atoms with Gasteiger partial charge in [-0.15, -0.1) is 0 Å². The average Bonchev–Trinajstić information content (AvgIpc) is 2.90. The number of hydrogen-bond donors (Lipinski definition) is 0. The van der Waals surface area contributed by atoms with Crippen molar-refractivity contribution in [2.24, 2.45) is 5.92 Å². The number of ketones is 1. The van der Waals surface area contributed by atoms with Crippen molar-refractivity contribution in [1.82, 2.24) is 0 Å². The first-order chi connectivity index (χ1) is 10.3. The van der Waals surface area contributed by atoms with Gasteiger partial charge in [0, 0.05) is 0 Å². The summed E-state index contributed by atoms with van der Waals surface area (Å²) in [7, 11) is 0. The maximum Gasteiger partial charge on any atom is 0.196 e. The topological polar surface area (TPSA) is 35.5 Å². The first-order valence-corrected chi connectivity index (χ1v) is 8.21. The van der Waals surface area contributed by atoms with Crippen molar-refractivity contribution in [3.63, 3.8) is 0 Å². The predicted molar refractivity (Wildman–Crippen MR) is 85.8 cm³/mol. The van der Waals surface area contributed by atoms with Gasteiger partial charge in [0.15, 0.2) is 5.78 Å². The molecule has 22 heavy (non-hydrogen) atoms. The minimum Gasteiger partial charge on any atom is -0.363 e. The third-order valence-electron chi connectivity index (χ3n) is 5.59. The summed E-state index contributed by atoms with van der Waals surface area (Å²) < 4.78 is 12.3. The van der Waals surface area contributed by atoms with Crippen LogP contribution in [0, 0.1) is 19.8 Å². The molecule has 0 unspecified atom stereocenters. The molecule has 2 bridgehead atoms. The van der Waals surface area contributed by atoms with Crippen molar-refractivity contribution in [3.8, 4) is 0 Å². The van der Waals surface area contributed by atoms with Gasteiger partial charge in [0.25, 0.3) is 0 Å². The van der Waals surface area contributed by atoms with E-state index in [1.807, 2.05) is 6.92 Å². The summed E-state index contributed by atoms with van der Waals surface area (Å²) >= 11 is 0. The van der Waals surface area contributed by atoms with Crippen molar-refractivity contribution in [2.75, 3.05) is 0 Å². The molecule has 0 aliphatic carbocycles. The molecule has 2 fully saturated rings. The first kappa shape index (κ1) is 15.7. The largest absolute Gasteiger partial charge is 0.363 e. The molecule has 0 spiro atoms. The highest BCUT2D eigenvalue weighted by Gasteiger charge is 2.67. The van der Waals surface area contributed by atoms with Crippen LogP contribution in [0.1, 0.15) is 50.3 Å². The zero-order chi connectivity index (χ0) is 16.1.